The SMILES string of the molecule is CS(=O)(=O)c1ccc([C@@H](CC2CCC2)C(=O)O)cc1Cl. The first-order chi connectivity index (χ1) is 9.29. The molecule has 1 aromatic rings. The lowest BCUT2D eigenvalue weighted by molar-refractivity contribution is -0.139. The number of halogens is 1. The average molecular weight is 317 g/mol. The van der Waals surface area contributed by atoms with Gasteiger partial charge in [-0.05, 0) is 30.0 Å². The Morgan fingerprint density at radius 1 is 1.45 bits per heavy atom. The lowest BCUT2D eigenvalue weighted by Crippen LogP contribution is -2.20. The van der Waals surface area contributed by atoms with E-state index in [0.717, 1.165) is 25.5 Å². The molecule has 110 valence electrons. The van der Waals surface area contributed by atoms with E-state index in [0.29, 0.717) is 17.9 Å². The number of carbonyl (C=O) groups is 1. The van der Waals surface area contributed by atoms with Crippen molar-refractivity contribution in [2.45, 2.75) is 36.5 Å². The zero-order valence-electron chi connectivity index (χ0n) is 11.2. The van der Waals surface area contributed by atoms with Crippen LogP contribution in [0.15, 0.2) is 23.1 Å². The highest BCUT2D eigenvalue weighted by Crippen LogP contribution is 2.37. The predicted molar refractivity (Wildman–Crippen MR) is 76.9 cm³/mol. The van der Waals surface area contributed by atoms with Crippen LogP contribution < -0.4 is 0 Å². The fourth-order valence-electron chi connectivity index (χ4n) is 2.48. The maximum Gasteiger partial charge on any atom is 0.310 e. The van der Waals surface area contributed by atoms with E-state index >= 15 is 0 Å². The Kier molecular flexibility index (Phi) is 4.39. The second-order valence-corrected chi connectivity index (χ2v) is 7.78. The van der Waals surface area contributed by atoms with Crippen LogP contribution in [-0.2, 0) is 14.6 Å². The maximum absolute atomic E-state index is 11.5. The minimum Gasteiger partial charge on any atom is -0.481 e. The van der Waals surface area contributed by atoms with Gasteiger partial charge >= 0.3 is 5.97 Å². The molecule has 1 N–H and O–H groups in total. The van der Waals surface area contributed by atoms with Crippen LogP contribution in [0, 0.1) is 5.92 Å². The Balaban J connectivity index is 2.29. The summed E-state index contributed by atoms with van der Waals surface area (Å²) in [5.41, 5.74) is 0.571. The van der Waals surface area contributed by atoms with Gasteiger partial charge in [0.15, 0.2) is 9.84 Å². The molecule has 1 aliphatic carbocycles. The summed E-state index contributed by atoms with van der Waals surface area (Å²) in [5.74, 6) is -1.06. The molecule has 0 spiro atoms. The van der Waals surface area contributed by atoms with E-state index in [2.05, 4.69) is 0 Å². The van der Waals surface area contributed by atoms with Gasteiger partial charge in [-0.1, -0.05) is 36.9 Å². The number of aliphatic carboxylic acids is 1. The molecule has 0 aromatic heterocycles. The summed E-state index contributed by atoms with van der Waals surface area (Å²) in [5, 5.41) is 9.44. The van der Waals surface area contributed by atoms with Crippen molar-refractivity contribution in [3.63, 3.8) is 0 Å². The van der Waals surface area contributed by atoms with Gasteiger partial charge in [-0.25, -0.2) is 8.42 Å². The van der Waals surface area contributed by atoms with Gasteiger partial charge in [0.2, 0.25) is 0 Å². The first kappa shape index (κ1) is 15.3. The molecule has 1 atom stereocenters. The lowest BCUT2D eigenvalue weighted by Gasteiger charge is -2.28. The third-order valence-electron chi connectivity index (χ3n) is 3.85. The monoisotopic (exact) mass is 316 g/mol. The molecule has 0 radical (unpaired) electrons. The molecule has 0 heterocycles. The van der Waals surface area contributed by atoms with Crippen molar-refractivity contribution < 1.29 is 18.3 Å². The molecule has 0 aliphatic heterocycles. The van der Waals surface area contributed by atoms with Crippen LogP contribution in [0.2, 0.25) is 5.02 Å². The van der Waals surface area contributed by atoms with Crippen LogP contribution in [0.4, 0.5) is 0 Å². The van der Waals surface area contributed by atoms with Crippen molar-refractivity contribution in [1.82, 2.24) is 0 Å². The summed E-state index contributed by atoms with van der Waals surface area (Å²) in [7, 11) is -3.39. The van der Waals surface area contributed by atoms with Gasteiger partial charge < -0.3 is 5.11 Å². The quantitative estimate of drug-likeness (QED) is 0.906. The fourth-order valence-corrected chi connectivity index (χ4v) is 3.81. The molecular formula is C14H17ClO4S. The molecule has 20 heavy (non-hydrogen) atoms. The largest absolute Gasteiger partial charge is 0.481 e. The highest BCUT2D eigenvalue weighted by atomic mass is 35.5. The highest BCUT2D eigenvalue weighted by molar-refractivity contribution is 7.90. The normalized spacial score (nSPS) is 17.5. The van der Waals surface area contributed by atoms with E-state index in [1.165, 1.54) is 12.1 Å². The molecule has 2 rings (SSSR count). The topological polar surface area (TPSA) is 71.4 Å². The van der Waals surface area contributed by atoms with Crippen molar-refractivity contribution in [2.24, 2.45) is 5.92 Å². The fraction of sp³-hybridized carbons (Fsp3) is 0.500. The molecule has 1 aliphatic rings. The van der Waals surface area contributed by atoms with Gasteiger partial charge in [0.05, 0.1) is 15.8 Å². The minimum absolute atomic E-state index is 0.0377. The summed E-state index contributed by atoms with van der Waals surface area (Å²) < 4.78 is 23.0. The Morgan fingerprint density at radius 3 is 2.50 bits per heavy atom. The smallest absolute Gasteiger partial charge is 0.310 e. The second kappa shape index (κ2) is 5.74. The van der Waals surface area contributed by atoms with E-state index in [-0.39, 0.29) is 9.92 Å². The molecule has 0 unspecified atom stereocenters. The van der Waals surface area contributed by atoms with Crippen molar-refractivity contribution in [3.8, 4) is 0 Å². The molecule has 1 saturated carbocycles. The van der Waals surface area contributed by atoms with Gasteiger partial charge in [-0.15, -0.1) is 0 Å². The number of carboxylic acid groups (broad SMARTS) is 1. The number of benzene rings is 1. The maximum atomic E-state index is 11.5. The zero-order chi connectivity index (χ0) is 14.9. The standard InChI is InChI=1S/C14H17ClO4S/c1-20(18,19)13-6-5-10(8-12(13)15)11(14(16)17)7-9-3-2-4-9/h5-6,8-9,11H,2-4,7H2,1H3,(H,16,17)/t11-/m1/s1. The van der Waals surface area contributed by atoms with E-state index in [4.69, 9.17) is 11.6 Å². The van der Waals surface area contributed by atoms with E-state index in [1.807, 2.05) is 0 Å². The van der Waals surface area contributed by atoms with Crippen LogP contribution in [0.1, 0.15) is 37.2 Å². The molecule has 6 heteroatoms. The van der Waals surface area contributed by atoms with E-state index < -0.39 is 21.7 Å². The number of carboxylic acids is 1. The molecule has 0 amide bonds. The van der Waals surface area contributed by atoms with Crippen LogP contribution in [0.5, 0.6) is 0 Å². The second-order valence-electron chi connectivity index (χ2n) is 5.39. The van der Waals surface area contributed by atoms with Gasteiger partial charge in [0.1, 0.15) is 0 Å². The van der Waals surface area contributed by atoms with Crippen molar-refractivity contribution in [1.29, 1.82) is 0 Å². The van der Waals surface area contributed by atoms with E-state index in [1.54, 1.807) is 6.07 Å². The zero-order valence-corrected chi connectivity index (χ0v) is 12.7. The molecule has 0 saturated heterocycles. The number of hydrogen-bond acceptors (Lipinski definition) is 3. The summed E-state index contributed by atoms with van der Waals surface area (Å²) in [6, 6.07) is 4.42. The molecule has 4 nitrogen and oxygen atoms in total. The number of sulfone groups is 1. The van der Waals surface area contributed by atoms with Crippen LogP contribution in [-0.4, -0.2) is 25.7 Å². The van der Waals surface area contributed by atoms with E-state index in [9.17, 15) is 18.3 Å². The summed E-state index contributed by atoms with van der Waals surface area (Å²) in [6.07, 6.45) is 4.96. The van der Waals surface area contributed by atoms with Gasteiger partial charge in [0.25, 0.3) is 0 Å². The Bertz CT molecular complexity index is 620. The third kappa shape index (κ3) is 3.33. The van der Waals surface area contributed by atoms with Gasteiger partial charge in [0, 0.05) is 6.26 Å². The number of rotatable bonds is 5. The molecular weight excluding hydrogens is 300 g/mol. The lowest BCUT2D eigenvalue weighted by atomic mass is 9.77. The van der Waals surface area contributed by atoms with Crippen LogP contribution in [0.25, 0.3) is 0 Å². The number of hydrogen-bond donors (Lipinski definition) is 1. The first-order valence-corrected chi connectivity index (χ1v) is 8.78. The van der Waals surface area contributed by atoms with Crippen LogP contribution in [0.3, 0.4) is 0 Å². The summed E-state index contributed by atoms with van der Waals surface area (Å²) in [6.45, 7) is 0. The predicted octanol–water partition coefficient (Wildman–Crippen LogP) is 3.10. The minimum atomic E-state index is -3.39. The third-order valence-corrected chi connectivity index (χ3v) is 5.43. The average Bonchev–Trinajstić information content (AvgIpc) is 2.24. The summed E-state index contributed by atoms with van der Waals surface area (Å²) in [4.78, 5) is 11.4. The Morgan fingerprint density at radius 2 is 2.10 bits per heavy atom. The highest BCUT2D eigenvalue weighted by Gasteiger charge is 2.28. The molecule has 1 fully saturated rings. The first-order valence-electron chi connectivity index (χ1n) is 6.51. The summed E-state index contributed by atoms with van der Waals surface area (Å²) >= 11 is 5.98. The molecule has 0 bridgehead atoms. The van der Waals surface area contributed by atoms with Crippen molar-refractivity contribution >= 4 is 27.4 Å². The Hall–Kier alpha value is -1.07. The van der Waals surface area contributed by atoms with Crippen molar-refractivity contribution in [2.75, 3.05) is 6.26 Å². The van der Waals surface area contributed by atoms with Crippen molar-refractivity contribution in [3.05, 3.63) is 28.8 Å². The molecule has 1 aromatic carbocycles. The van der Waals surface area contributed by atoms with Crippen LogP contribution >= 0.6 is 11.6 Å². The van der Waals surface area contributed by atoms with Gasteiger partial charge in [-0.2, -0.15) is 0 Å². The van der Waals surface area contributed by atoms with Gasteiger partial charge in [-0.3, -0.25) is 4.79 Å². The Labute approximate surface area is 123 Å².